The molecule has 0 amide bonds. The standard InChI is InChI=1S/C17H11ClFNO2/c18-15-2-1-3-16(19)14(15)11-22-17(21)9-8-12-4-6-13(10-20)7-5-12/h1-9H,11H2/b9-8+. The third-order valence-electron chi connectivity index (χ3n) is 2.87. The highest BCUT2D eigenvalue weighted by Crippen LogP contribution is 2.19. The van der Waals surface area contributed by atoms with Crippen molar-refractivity contribution in [2.24, 2.45) is 0 Å². The summed E-state index contributed by atoms with van der Waals surface area (Å²) in [6, 6.07) is 13.0. The fraction of sp³-hybridized carbons (Fsp3) is 0.0588. The predicted octanol–water partition coefficient (Wildman–Crippen LogP) is 4.11. The van der Waals surface area contributed by atoms with Crippen LogP contribution in [0, 0.1) is 17.1 Å². The van der Waals surface area contributed by atoms with Crippen molar-refractivity contribution in [1.29, 1.82) is 5.26 Å². The molecule has 0 bridgehead atoms. The van der Waals surface area contributed by atoms with Crippen LogP contribution in [0.15, 0.2) is 48.5 Å². The Hall–Kier alpha value is -2.64. The summed E-state index contributed by atoms with van der Waals surface area (Å²) in [5, 5.41) is 8.90. The number of ether oxygens (including phenoxy) is 1. The Labute approximate surface area is 132 Å². The highest BCUT2D eigenvalue weighted by Gasteiger charge is 2.08. The molecule has 110 valence electrons. The number of hydrogen-bond donors (Lipinski definition) is 0. The first-order chi connectivity index (χ1) is 10.6. The van der Waals surface area contributed by atoms with Crippen molar-refractivity contribution in [2.75, 3.05) is 0 Å². The first-order valence-electron chi connectivity index (χ1n) is 6.38. The molecule has 3 nitrogen and oxygen atoms in total. The summed E-state index contributed by atoms with van der Waals surface area (Å²) in [6.07, 6.45) is 2.78. The van der Waals surface area contributed by atoms with E-state index in [2.05, 4.69) is 0 Å². The summed E-state index contributed by atoms with van der Waals surface area (Å²) in [5.41, 5.74) is 1.43. The number of carbonyl (C=O) groups is 1. The lowest BCUT2D eigenvalue weighted by Crippen LogP contribution is -2.03. The Morgan fingerprint density at radius 2 is 2.00 bits per heavy atom. The van der Waals surface area contributed by atoms with Crippen molar-refractivity contribution in [3.05, 3.63) is 76.1 Å². The minimum atomic E-state index is -0.608. The van der Waals surface area contributed by atoms with Gasteiger partial charge in [-0.3, -0.25) is 0 Å². The van der Waals surface area contributed by atoms with Crippen molar-refractivity contribution >= 4 is 23.6 Å². The molecule has 0 aromatic heterocycles. The van der Waals surface area contributed by atoms with Crippen molar-refractivity contribution in [3.8, 4) is 6.07 Å². The van der Waals surface area contributed by atoms with Crippen LogP contribution in [-0.2, 0) is 16.1 Å². The maximum absolute atomic E-state index is 13.5. The summed E-state index contributed by atoms with van der Waals surface area (Å²) < 4.78 is 18.5. The average molecular weight is 316 g/mol. The average Bonchev–Trinajstić information content (AvgIpc) is 2.53. The molecule has 2 aromatic rings. The molecule has 0 aliphatic heterocycles. The highest BCUT2D eigenvalue weighted by molar-refractivity contribution is 6.31. The van der Waals surface area contributed by atoms with Crippen LogP contribution >= 0.6 is 11.6 Å². The van der Waals surface area contributed by atoms with E-state index in [1.54, 1.807) is 30.3 Å². The number of nitriles is 1. The summed E-state index contributed by atoms with van der Waals surface area (Å²) in [7, 11) is 0. The van der Waals surface area contributed by atoms with Gasteiger partial charge in [-0.05, 0) is 35.9 Å². The SMILES string of the molecule is N#Cc1ccc(/C=C/C(=O)OCc2c(F)cccc2Cl)cc1. The number of hydrogen-bond acceptors (Lipinski definition) is 3. The molecule has 0 fully saturated rings. The Morgan fingerprint density at radius 3 is 2.64 bits per heavy atom. The van der Waals surface area contributed by atoms with Gasteiger partial charge in [0.15, 0.2) is 0 Å². The van der Waals surface area contributed by atoms with Crippen LogP contribution in [0.3, 0.4) is 0 Å². The Balaban J connectivity index is 1.95. The van der Waals surface area contributed by atoms with E-state index in [-0.39, 0.29) is 17.2 Å². The van der Waals surface area contributed by atoms with Gasteiger partial charge in [0, 0.05) is 11.6 Å². The van der Waals surface area contributed by atoms with Crippen molar-refractivity contribution in [2.45, 2.75) is 6.61 Å². The molecule has 0 spiro atoms. The van der Waals surface area contributed by atoms with E-state index in [1.165, 1.54) is 24.3 Å². The number of nitrogens with zero attached hydrogens (tertiary/aromatic N) is 1. The molecule has 2 aromatic carbocycles. The lowest BCUT2D eigenvalue weighted by atomic mass is 10.1. The third-order valence-corrected chi connectivity index (χ3v) is 3.23. The van der Waals surface area contributed by atoms with Gasteiger partial charge in [-0.25, -0.2) is 9.18 Å². The fourth-order valence-corrected chi connectivity index (χ4v) is 1.91. The molecule has 0 aliphatic rings. The largest absolute Gasteiger partial charge is 0.457 e. The van der Waals surface area contributed by atoms with E-state index < -0.39 is 11.8 Å². The lowest BCUT2D eigenvalue weighted by molar-refractivity contribution is -0.138. The molecule has 22 heavy (non-hydrogen) atoms. The van der Waals surface area contributed by atoms with Crippen LogP contribution < -0.4 is 0 Å². The monoisotopic (exact) mass is 315 g/mol. The summed E-state index contributed by atoms with van der Waals surface area (Å²) in [5.74, 6) is -1.12. The first kappa shape index (κ1) is 15.7. The quantitative estimate of drug-likeness (QED) is 0.630. The third kappa shape index (κ3) is 4.18. The molecule has 0 saturated carbocycles. The predicted molar refractivity (Wildman–Crippen MR) is 81.4 cm³/mol. The van der Waals surface area contributed by atoms with Gasteiger partial charge in [0.05, 0.1) is 16.7 Å². The van der Waals surface area contributed by atoms with E-state index in [0.717, 1.165) is 5.56 Å². The molecule has 0 unspecified atom stereocenters. The molecule has 0 N–H and O–H groups in total. The zero-order valence-corrected chi connectivity index (χ0v) is 12.2. The highest BCUT2D eigenvalue weighted by atomic mass is 35.5. The minimum absolute atomic E-state index is 0.143. The van der Waals surface area contributed by atoms with Crippen molar-refractivity contribution in [3.63, 3.8) is 0 Å². The molecule has 0 aliphatic carbocycles. The summed E-state index contributed by atoms with van der Waals surface area (Å²) >= 11 is 5.84. The van der Waals surface area contributed by atoms with Crippen LogP contribution in [-0.4, -0.2) is 5.97 Å². The zero-order valence-electron chi connectivity index (χ0n) is 11.4. The maximum atomic E-state index is 13.5. The summed E-state index contributed by atoms with van der Waals surface area (Å²) in [6.45, 7) is -0.234. The van der Waals surface area contributed by atoms with E-state index >= 15 is 0 Å². The molecular weight excluding hydrogens is 305 g/mol. The van der Waals surface area contributed by atoms with E-state index in [0.29, 0.717) is 5.56 Å². The summed E-state index contributed by atoms with van der Waals surface area (Å²) in [4.78, 5) is 11.6. The number of rotatable bonds is 4. The van der Waals surface area contributed by atoms with Crippen molar-refractivity contribution < 1.29 is 13.9 Å². The minimum Gasteiger partial charge on any atom is -0.457 e. The van der Waals surface area contributed by atoms with Gasteiger partial charge in [-0.2, -0.15) is 5.26 Å². The molecule has 0 saturated heterocycles. The number of carbonyl (C=O) groups excluding carboxylic acids is 1. The second kappa shape index (κ2) is 7.39. The van der Waals surface area contributed by atoms with E-state index in [1.807, 2.05) is 6.07 Å². The van der Waals surface area contributed by atoms with Gasteiger partial charge in [0.1, 0.15) is 12.4 Å². The number of esters is 1. The molecule has 5 heteroatoms. The van der Waals surface area contributed by atoms with Crippen LogP contribution in [0.2, 0.25) is 5.02 Å². The Morgan fingerprint density at radius 1 is 1.27 bits per heavy atom. The molecule has 0 heterocycles. The topological polar surface area (TPSA) is 50.1 Å². The van der Waals surface area contributed by atoms with Gasteiger partial charge >= 0.3 is 5.97 Å². The van der Waals surface area contributed by atoms with Crippen molar-refractivity contribution in [1.82, 2.24) is 0 Å². The lowest BCUT2D eigenvalue weighted by Gasteiger charge is -2.05. The van der Waals surface area contributed by atoms with Gasteiger partial charge in [-0.15, -0.1) is 0 Å². The first-order valence-corrected chi connectivity index (χ1v) is 6.76. The number of benzene rings is 2. The maximum Gasteiger partial charge on any atom is 0.331 e. The van der Waals surface area contributed by atoms with Gasteiger partial charge in [0.2, 0.25) is 0 Å². The Bertz CT molecular complexity index is 728. The van der Waals surface area contributed by atoms with Crippen LogP contribution in [0.25, 0.3) is 6.08 Å². The van der Waals surface area contributed by atoms with Crippen LogP contribution in [0.1, 0.15) is 16.7 Å². The second-order valence-corrected chi connectivity index (χ2v) is 4.78. The van der Waals surface area contributed by atoms with E-state index in [9.17, 15) is 9.18 Å². The molecular formula is C17H11ClFNO2. The fourth-order valence-electron chi connectivity index (χ4n) is 1.69. The number of halogens is 2. The normalized spacial score (nSPS) is 10.4. The molecule has 0 atom stereocenters. The smallest absolute Gasteiger partial charge is 0.331 e. The van der Waals surface area contributed by atoms with Crippen LogP contribution in [0.5, 0.6) is 0 Å². The second-order valence-electron chi connectivity index (χ2n) is 4.38. The zero-order chi connectivity index (χ0) is 15.9. The van der Waals surface area contributed by atoms with Gasteiger partial charge < -0.3 is 4.74 Å². The van der Waals surface area contributed by atoms with Gasteiger partial charge in [-0.1, -0.05) is 29.8 Å². The van der Waals surface area contributed by atoms with E-state index in [4.69, 9.17) is 21.6 Å². The molecule has 2 rings (SSSR count). The molecule has 0 radical (unpaired) electrons. The van der Waals surface area contributed by atoms with Gasteiger partial charge in [0.25, 0.3) is 0 Å². The van der Waals surface area contributed by atoms with Crippen LogP contribution in [0.4, 0.5) is 4.39 Å². The Kier molecular flexibility index (Phi) is 5.29.